The fraction of sp³-hybridized carbons (Fsp3) is 0.250. The zero-order valence-corrected chi connectivity index (χ0v) is 11.2. The summed E-state index contributed by atoms with van der Waals surface area (Å²) in [6, 6.07) is 4.66. The highest BCUT2D eigenvalue weighted by molar-refractivity contribution is 7.09. The molecule has 19 heavy (non-hydrogen) atoms. The first-order valence-electron chi connectivity index (χ1n) is 5.64. The Hall–Kier alpha value is -2.15. The summed E-state index contributed by atoms with van der Waals surface area (Å²) in [7, 11) is 0. The number of hydrogen-bond donors (Lipinski definition) is 1. The van der Waals surface area contributed by atoms with Gasteiger partial charge in [0.25, 0.3) is 0 Å². The van der Waals surface area contributed by atoms with Gasteiger partial charge in [-0.1, -0.05) is 11.3 Å². The number of nitro benzene ring substituents is 1. The standard InChI is InChI=1S/C12H12N2O4S/c1-3-18-10-5-4-8(6-9(10)14(16)17)11-7(2)19-12(15)13-11/h4-6H,3H2,1-2H3,(H,13,15). The normalized spacial score (nSPS) is 10.4. The Morgan fingerprint density at radius 2 is 2.21 bits per heavy atom. The van der Waals surface area contributed by atoms with E-state index in [9.17, 15) is 14.9 Å². The van der Waals surface area contributed by atoms with Gasteiger partial charge in [-0.05, 0) is 26.0 Å². The first-order valence-corrected chi connectivity index (χ1v) is 6.46. The van der Waals surface area contributed by atoms with Crippen LogP contribution in [0.5, 0.6) is 5.75 Å². The van der Waals surface area contributed by atoms with Crippen LogP contribution in [0.1, 0.15) is 11.8 Å². The molecule has 0 atom stereocenters. The van der Waals surface area contributed by atoms with Gasteiger partial charge in [0.05, 0.1) is 17.2 Å². The summed E-state index contributed by atoms with van der Waals surface area (Å²) in [6.45, 7) is 3.91. The second-order valence-electron chi connectivity index (χ2n) is 3.82. The molecule has 100 valence electrons. The van der Waals surface area contributed by atoms with Crippen molar-refractivity contribution in [2.45, 2.75) is 13.8 Å². The average molecular weight is 280 g/mol. The number of H-pyrrole nitrogens is 1. The quantitative estimate of drug-likeness (QED) is 0.689. The number of nitrogens with one attached hydrogen (secondary N) is 1. The Labute approximate surface area is 112 Å². The Morgan fingerprint density at radius 1 is 1.47 bits per heavy atom. The van der Waals surface area contributed by atoms with Crippen molar-refractivity contribution in [2.24, 2.45) is 0 Å². The van der Waals surface area contributed by atoms with E-state index in [4.69, 9.17) is 4.74 Å². The SMILES string of the molecule is CCOc1ccc(-c2[nH]c(=O)sc2C)cc1[N+](=O)[O-]. The van der Waals surface area contributed by atoms with Crippen LogP contribution in [0.2, 0.25) is 0 Å². The van der Waals surface area contributed by atoms with Crippen LogP contribution in [0.15, 0.2) is 23.0 Å². The predicted molar refractivity (Wildman–Crippen MR) is 72.9 cm³/mol. The molecule has 0 unspecified atom stereocenters. The summed E-state index contributed by atoms with van der Waals surface area (Å²) >= 11 is 1.08. The van der Waals surface area contributed by atoms with E-state index >= 15 is 0 Å². The molecule has 0 bridgehead atoms. The molecule has 1 aromatic carbocycles. The molecule has 0 aliphatic carbocycles. The largest absolute Gasteiger partial charge is 0.487 e. The van der Waals surface area contributed by atoms with E-state index in [1.807, 2.05) is 0 Å². The van der Waals surface area contributed by atoms with E-state index in [0.29, 0.717) is 17.9 Å². The molecule has 0 saturated carbocycles. The van der Waals surface area contributed by atoms with Crippen LogP contribution in [0.25, 0.3) is 11.3 Å². The first kappa shape index (κ1) is 13.3. The maximum atomic E-state index is 11.3. The lowest BCUT2D eigenvalue weighted by molar-refractivity contribution is -0.385. The monoisotopic (exact) mass is 280 g/mol. The van der Waals surface area contributed by atoms with E-state index in [1.165, 1.54) is 6.07 Å². The predicted octanol–water partition coefficient (Wildman–Crippen LogP) is 2.72. The molecular formula is C12H12N2O4S. The zero-order chi connectivity index (χ0) is 14.0. The Morgan fingerprint density at radius 3 is 2.74 bits per heavy atom. The van der Waals surface area contributed by atoms with E-state index in [1.54, 1.807) is 26.0 Å². The maximum Gasteiger partial charge on any atom is 0.311 e. The Balaban J connectivity index is 2.55. The van der Waals surface area contributed by atoms with E-state index in [2.05, 4.69) is 4.98 Å². The zero-order valence-electron chi connectivity index (χ0n) is 10.4. The van der Waals surface area contributed by atoms with Gasteiger partial charge in [-0.3, -0.25) is 14.9 Å². The van der Waals surface area contributed by atoms with Crippen LogP contribution < -0.4 is 9.61 Å². The molecule has 0 fully saturated rings. The van der Waals surface area contributed by atoms with Gasteiger partial charge in [0.2, 0.25) is 0 Å². The van der Waals surface area contributed by atoms with Gasteiger partial charge in [-0.2, -0.15) is 0 Å². The van der Waals surface area contributed by atoms with Crippen molar-refractivity contribution in [2.75, 3.05) is 6.61 Å². The molecule has 2 aromatic rings. The second-order valence-corrected chi connectivity index (χ2v) is 5.01. The van der Waals surface area contributed by atoms with Crippen LogP contribution in [0.4, 0.5) is 5.69 Å². The van der Waals surface area contributed by atoms with Gasteiger partial charge in [-0.25, -0.2) is 0 Å². The lowest BCUT2D eigenvalue weighted by Crippen LogP contribution is -1.98. The highest BCUT2D eigenvalue weighted by atomic mass is 32.1. The molecule has 0 aliphatic rings. The number of aromatic nitrogens is 1. The molecule has 0 radical (unpaired) electrons. The number of nitrogens with zero attached hydrogens (tertiary/aromatic N) is 1. The highest BCUT2D eigenvalue weighted by Crippen LogP contribution is 2.33. The van der Waals surface area contributed by atoms with Crippen molar-refractivity contribution < 1.29 is 9.66 Å². The van der Waals surface area contributed by atoms with Crippen molar-refractivity contribution in [1.82, 2.24) is 4.98 Å². The fourth-order valence-corrected chi connectivity index (χ4v) is 2.48. The Kier molecular flexibility index (Phi) is 3.66. The number of ether oxygens (including phenoxy) is 1. The summed E-state index contributed by atoms with van der Waals surface area (Å²) in [6.07, 6.45) is 0. The molecule has 1 heterocycles. The van der Waals surface area contributed by atoms with Crippen LogP contribution in [-0.4, -0.2) is 16.5 Å². The third-order valence-electron chi connectivity index (χ3n) is 2.57. The minimum absolute atomic E-state index is 0.106. The molecule has 6 nitrogen and oxygen atoms in total. The first-order chi connectivity index (χ1) is 9.02. The van der Waals surface area contributed by atoms with Gasteiger partial charge in [0.1, 0.15) is 0 Å². The number of aryl methyl sites for hydroxylation is 1. The van der Waals surface area contributed by atoms with Gasteiger partial charge in [0, 0.05) is 16.5 Å². The summed E-state index contributed by atoms with van der Waals surface area (Å²) in [5.74, 6) is 0.228. The number of aromatic amines is 1. The molecule has 2 rings (SSSR count). The van der Waals surface area contributed by atoms with Crippen molar-refractivity contribution in [1.29, 1.82) is 0 Å². The third kappa shape index (κ3) is 2.65. The van der Waals surface area contributed by atoms with E-state index < -0.39 is 4.92 Å². The third-order valence-corrected chi connectivity index (χ3v) is 3.37. The lowest BCUT2D eigenvalue weighted by atomic mass is 10.1. The number of nitro groups is 1. The molecule has 7 heteroatoms. The molecule has 0 aliphatic heterocycles. The van der Waals surface area contributed by atoms with Gasteiger partial charge in [-0.15, -0.1) is 0 Å². The molecule has 1 aromatic heterocycles. The van der Waals surface area contributed by atoms with Crippen molar-refractivity contribution in [3.8, 4) is 17.0 Å². The van der Waals surface area contributed by atoms with Crippen LogP contribution in [0, 0.1) is 17.0 Å². The number of rotatable bonds is 4. The maximum absolute atomic E-state index is 11.3. The molecular weight excluding hydrogens is 268 g/mol. The average Bonchev–Trinajstić information content (AvgIpc) is 2.69. The number of hydrogen-bond acceptors (Lipinski definition) is 5. The van der Waals surface area contributed by atoms with E-state index in [-0.39, 0.29) is 16.3 Å². The molecule has 0 saturated heterocycles. The minimum atomic E-state index is -0.492. The van der Waals surface area contributed by atoms with Crippen LogP contribution >= 0.6 is 11.3 Å². The van der Waals surface area contributed by atoms with Crippen molar-refractivity contribution >= 4 is 17.0 Å². The number of benzene rings is 1. The van der Waals surface area contributed by atoms with Crippen molar-refractivity contribution in [3.05, 3.63) is 42.9 Å². The Bertz CT molecular complexity index is 675. The van der Waals surface area contributed by atoms with Crippen LogP contribution in [-0.2, 0) is 0 Å². The van der Waals surface area contributed by atoms with E-state index in [0.717, 1.165) is 16.2 Å². The summed E-state index contributed by atoms with van der Waals surface area (Å²) in [5.41, 5.74) is 1.11. The second kappa shape index (κ2) is 5.23. The smallest absolute Gasteiger partial charge is 0.311 e. The van der Waals surface area contributed by atoms with Crippen LogP contribution in [0.3, 0.4) is 0 Å². The molecule has 0 spiro atoms. The summed E-state index contributed by atoms with van der Waals surface area (Å²) < 4.78 is 5.21. The van der Waals surface area contributed by atoms with Crippen molar-refractivity contribution in [3.63, 3.8) is 0 Å². The number of thiazole rings is 1. The van der Waals surface area contributed by atoms with Gasteiger partial charge in [0.15, 0.2) is 5.75 Å². The summed E-state index contributed by atoms with van der Waals surface area (Å²) in [5, 5.41) is 11.0. The topological polar surface area (TPSA) is 85.2 Å². The van der Waals surface area contributed by atoms with Gasteiger partial charge >= 0.3 is 10.6 Å². The fourth-order valence-electron chi connectivity index (χ4n) is 1.77. The minimum Gasteiger partial charge on any atom is -0.487 e. The molecule has 0 amide bonds. The highest BCUT2D eigenvalue weighted by Gasteiger charge is 2.18. The summed E-state index contributed by atoms with van der Waals surface area (Å²) in [4.78, 5) is 25.1. The molecule has 1 N–H and O–H groups in total. The lowest BCUT2D eigenvalue weighted by Gasteiger charge is -2.06. The van der Waals surface area contributed by atoms with Gasteiger partial charge < -0.3 is 9.72 Å².